The molecule has 0 amide bonds. The molecule has 0 aromatic heterocycles. The van der Waals surface area contributed by atoms with E-state index in [0.717, 1.165) is 5.57 Å². The quantitative estimate of drug-likeness (QED) is 0.515. The first-order chi connectivity index (χ1) is 6.74. The molecule has 1 nitrogen and oxygen atoms in total. The van der Waals surface area contributed by atoms with Gasteiger partial charge in [-0.15, -0.1) is 0 Å². The van der Waals surface area contributed by atoms with Crippen LogP contribution in [-0.2, 0) is 4.74 Å². The smallest absolute Gasteiger partial charge is 0.120 e. The van der Waals surface area contributed by atoms with Crippen LogP contribution in [0.2, 0.25) is 0 Å². The lowest BCUT2D eigenvalue weighted by Gasteiger charge is -2.11. The lowest BCUT2D eigenvalue weighted by atomic mass is 10.1. The van der Waals surface area contributed by atoms with Gasteiger partial charge in [0.1, 0.15) is 6.10 Å². The third kappa shape index (κ3) is 3.09. The molecule has 0 unspecified atom stereocenters. The largest absolute Gasteiger partial charge is 0.493 e. The molecule has 1 aromatic rings. The van der Waals surface area contributed by atoms with Gasteiger partial charge < -0.3 is 4.74 Å². The van der Waals surface area contributed by atoms with Crippen molar-refractivity contribution in [2.24, 2.45) is 0 Å². The van der Waals surface area contributed by atoms with E-state index >= 15 is 0 Å². The summed E-state index contributed by atoms with van der Waals surface area (Å²) in [7, 11) is 0. The van der Waals surface area contributed by atoms with Crippen molar-refractivity contribution >= 4 is 0 Å². The first kappa shape index (κ1) is 10.6. The first-order valence-corrected chi connectivity index (χ1v) is 4.73. The molecule has 0 bridgehead atoms. The van der Waals surface area contributed by atoms with Crippen LogP contribution in [0.1, 0.15) is 25.5 Å². The summed E-state index contributed by atoms with van der Waals surface area (Å²) in [4.78, 5) is 0. The number of hydrogen-bond acceptors (Lipinski definition) is 1. The Morgan fingerprint density at radius 1 is 1.36 bits per heavy atom. The van der Waals surface area contributed by atoms with E-state index in [1.807, 2.05) is 32.0 Å². The van der Waals surface area contributed by atoms with Crippen LogP contribution in [-0.4, -0.2) is 0 Å². The maximum absolute atomic E-state index is 5.55. The van der Waals surface area contributed by atoms with Crippen molar-refractivity contribution < 1.29 is 4.74 Å². The second-order valence-corrected chi connectivity index (χ2v) is 3.25. The Morgan fingerprint density at radius 2 is 2.00 bits per heavy atom. The van der Waals surface area contributed by atoms with Crippen LogP contribution in [0.25, 0.3) is 0 Å². The summed E-state index contributed by atoms with van der Waals surface area (Å²) in [5, 5.41) is 0. The molecule has 0 aliphatic carbocycles. The molecule has 1 atom stereocenters. The second-order valence-electron chi connectivity index (χ2n) is 3.25. The minimum absolute atomic E-state index is 0.0890. The molecular formula is C13H16O. The van der Waals surface area contributed by atoms with Crippen molar-refractivity contribution in [1.29, 1.82) is 0 Å². The maximum Gasteiger partial charge on any atom is 0.120 e. The summed E-state index contributed by atoms with van der Waals surface area (Å²) in [5.74, 6) is 0. The van der Waals surface area contributed by atoms with E-state index in [-0.39, 0.29) is 6.10 Å². The molecule has 0 aliphatic heterocycles. The standard InChI is InChI=1S/C13H16O/c1-4-11(2)10-14-12(3)13-8-6-5-7-9-13/h4-10,12H,1H2,2-3H3/b11-10+/t12-/m1/s1. The number of benzene rings is 1. The summed E-state index contributed by atoms with van der Waals surface area (Å²) in [6, 6.07) is 10.1. The van der Waals surface area contributed by atoms with E-state index in [1.54, 1.807) is 12.3 Å². The molecule has 0 N–H and O–H groups in total. The molecule has 74 valence electrons. The van der Waals surface area contributed by atoms with Gasteiger partial charge in [0.15, 0.2) is 0 Å². The molecule has 0 heterocycles. The highest BCUT2D eigenvalue weighted by Crippen LogP contribution is 2.16. The van der Waals surface area contributed by atoms with Gasteiger partial charge in [-0.25, -0.2) is 0 Å². The zero-order chi connectivity index (χ0) is 10.4. The Kier molecular flexibility index (Phi) is 3.99. The van der Waals surface area contributed by atoms with Crippen LogP contribution in [0.5, 0.6) is 0 Å². The lowest BCUT2D eigenvalue weighted by Crippen LogP contribution is -1.94. The monoisotopic (exact) mass is 188 g/mol. The van der Waals surface area contributed by atoms with E-state index in [4.69, 9.17) is 4.74 Å². The Hall–Kier alpha value is -1.50. The number of ether oxygens (including phenoxy) is 1. The van der Waals surface area contributed by atoms with Crippen LogP contribution in [0.15, 0.2) is 54.8 Å². The zero-order valence-corrected chi connectivity index (χ0v) is 8.73. The van der Waals surface area contributed by atoms with Crippen LogP contribution in [0.4, 0.5) is 0 Å². The van der Waals surface area contributed by atoms with Gasteiger partial charge in [0.05, 0.1) is 6.26 Å². The van der Waals surface area contributed by atoms with Gasteiger partial charge >= 0.3 is 0 Å². The fourth-order valence-corrected chi connectivity index (χ4v) is 1.06. The molecule has 0 saturated carbocycles. The lowest BCUT2D eigenvalue weighted by molar-refractivity contribution is 0.162. The fourth-order valence-electron chi connectivity index (χ4n) is 1.06. The highest BCUT2D eigenvalue weighted by molar-refractivity contribution is 5.17. The Morgan fingerprint density at radius 3 is 2.57 bits per heavy atom. The van der Waals surface area contributed by atoms with Crippen molar-refractivity contribution in [3.05, 3.63) is 60.4 Å². The predicted molar refractivity (Wildman–Crippen MR) is 59.9 cm³/mol. The molecule has 0 spiro atoms. The van der Waals surface area contributed by atoms with Crippen LogP contribution in [0, 0.1) is 0 Å². The summed E-state index contributed by atoms with van der Waals surface area (Å²) in [5.41, 5.74) is 2.22. The van der Waals surface area contributed by atoms with Crippen molar-refractivity contribution in [1.82, 2.24) is 0 Å². The summed E-state index contributed by atoms with van der Waals surface area (Å²) < 4.78 is 5.55. The minimum Gasteiger partial charge on any atom is -0.493 e. The fraction of sp³-hybridized carbons (Fsp3) is 0.231. The van der Waals surface area contributed by atoms with Gasteiger partial charge in [0.2, 0.25) is 0 Å². The summed E-state index contributed by atoms with van der Waals surface area (Å²) in [6.07, 6.45) is 3.61. The van der Waals surface area contributed by atoms with Gasteiger partial charge in [0, 0.05) is 0 Å². The van der Waals surface area contributed by atoms with Crippen molar-refractivity contribution in [2.75, 3.05) is 0 Å². The highest BCUT2D eigenvalue weighted by atomic mass is 16.5. The number of allylic oxidation sites excluding steroid dienone is 2. The van der Waals surface area contributed by atoms with E-state index < -0.39 is 0 Å². The normalized spacial score (nSPS) is 13.4. The number of hydrogen-bond donors (Lipinski definition) is 0. The summed E-state index contributed by atoms with van der Waals surface area (Å²) >= 11 is 0. The molecule has 0 radical (unpaired) electrons. The SMILES string of the molecule is C=C/C(C)=C/O[C@H](C)c1ccccc1. The Labute approximate surface area is 85.7 Å². The molecule has 0 fully saturated rings. The maximum atomic E-state index is 5.55. The minimum atomic E-state index is 0.0890. The van der Waals surface area contributed by atoms with Crippen LogP contribution < -0.4 is 0 Å². The van der Waals surface area contributed by atoms with E-state index in [1.165, 1.54) is 5.56 Å². The molecule has 1 rings (SSSR count). The summed E-state index contributed by atoms with van der Waals surface area (Å²) in [6.45, 7) is 7.66. The van der Waals surface area contributed by atoms with E-state index in [0.29, 0.717) is 0 Å². The van der Waals surface area contributed by atoms with Gasteiger partial charge in [-0.1, -0.05) is 43.0 Å². The molecule has 0 saturated heterocycles. The van der Waals surface area contributed by atoms with Gasteiger partial charge in [-0.2, -0.15) is 0 Å². The topological polar surface area (TPSA) is 9.23 Å². The van der Waals surface area contributed by atoms with E-state index in [9.17, 15) is 0 Å². The number of rotatable bonds is 4. The average Bonchev–Trinajstić information content (AvgIpc) is 2.26. The van der Waals surface area contributed by atoms with Crippen molar-refractivity contribution in [3.63, 3.8) is 0 Å². The predicted octanol–water partition coefficient (Wildman–Crippen LogP) is 3.85. The average molecular weight is 188 g/mol. The third-order valence-electron chi connectivity index (χ3n) is 2.05. The molecule has 1 heteroatoms. The molecular weight excluding hydrogens is 172 g/mol. The van der Waals surface area contributed by atoms with Gasteiger partial charge in [-0.3, -0.25) is 0 Å². The van der Waals surface area contributed by atoms with Gasteiger partial charge in [-0.05, 0) is 25.0 Å². The Bertz CT molecular complexity index is 311. The van der Waals surface area contributed by atoms with E-state index in [2.05, 4.69) is 18.7 Å². The second kappa shape index (κ2) is 5.28. The van der Waals surface area contributed by atoms with Crippen molar-refractivity contribution in [3.8, 4) is 0 Å². The molecule has 14 heavy (non-hydrogen) atoms. The zero-order valence-electron chi connectivity index (χ0n) is 8.73. The highest BCUT2D eigenvalue weighted by Gasteiger charge is 2.02. The third-order valence-corrected chi connectivity index (χ3v) is 2.05. The van der Waals surface area contributed by atoms with Crippen LogP contribution >= 0.6 is 0 Å². The molecule has 0 aliphatic rings. The van der Waals surface area contributed by atoms with Crippen LogP contribution in [0.3, 0.4) is 0 Å². The molecule has 1 aromatic carbocycles. The van der Waals surface area contributed by atoms with Crippen molar-refractivity contribution in [2.45, 2.75) is 20.0 Å². The Balaban J connectivity index is 2.59. The first-order valence-electron chi connectivity index (χ1n) is 4.73. The van der Waals surface area contributed by atoms with Gasteiger partial charge in [0.25, 0.3) is 0 Å².